The van der Waals surface area contributed by atoms with Crippen molar-refractivity contribution in [2.24, 2.45) is 7.05 Å². The van der Waals surface area contributed by atoms with E-state index in [0.29, 0.717) is 22.5 Å². The molecule has 1 aliphatic carbocycles. The number of anilines is 1. The minimum absolute atomic E-state index is 0.0575. The SMILES string of the molecule is CNc1cc(F)cc2c1CC(=O)C(C(=O)Cc1ccn(C)n1)=C2. The molecule has 118 valence electrons. The molecule has 0 saturated heterocycles. The van der Waals surface area contributed by atoms with Gasteiger partial charge < -0.3 is 5.32 Å². The third-order valence-electron chi connectivity index (χ3n) is 3.87. The number of Topliss-reactive ketones (excluding diaryl/α,β-unsaturated/α-hetero) is 2. The van der Waals surface area contributed by atoms with E-state index in [1.165, 1.54) is 18.2 Å². The highest BCUT2D eigenvalue weighted by molar-refractivity contribution is 6.25. The zero-order valence-corrected chi connectivity index (χ0v) is 12.9. The van der Waals surface area contributed by atoms with E-state index in [1.54, 1.807) is 31.0 Å². The smallest absolute Gasteiger partial charge is 0.172 e. The van der Waals surface area contributed by atoms with E-state index in [2.05, 4.69) is 10.4 Å². The van der Waals surface area contributed by atoms with E-state index >= 15 is 0 Å². The lowest BCUT2D eigenvalue weighted by molar-refractivity contribution is -0.120. The molecule has 23 heavy (non-hydrogen) atoms. The Hall–Kier alpha value is -2.76. The summed E-state index contributed by atoms with van der Waals surface area (Å²) in [6, 6.07) is 4.43. The van der Waals surface area contributed by atoms with E-state index < -0.39 is 5.82 Å². The average molecular weight is 313 g/mol. The Morgan fingerprint density at radius 1 is 1.43 bits per heavy atom. The molecular formula is C17H16FN3O2. The first-order chi connectivity index (χ1) is 11.0. The van der Waals surface area contributed by atoms with Crippen LogP contribution in [0.2, 0.25) is 0 Å². The quantitative estimate of drug-likeness (QED) is 0.876. The molecule has 0 aliphatic heterocycles. The van der Waals surface area contributed by atoms with Crippen LogP contribution in [0, 0.1) is 5.82 Å². The van der Waals surface area contributed by atoms with Gasteiger partial charge in [0.2, 0.25) is 0 Å². The Balaban J connectivity index is 1.95. The van der Waals surface area contributed by atoms with Gasteiger partial charge in [-0.1, -0.05) is 0 Å². The summed E-state index contributed by atoms with van der Waals surface area (Å²) < 4.78 is 15.3. The molecule has 0 unspecified atom stereocenters. The normalized spacial score (nSPS) is 13.5. The number of rotatable bonds is 4. The van der Waals surface area contributed by atoms with Crippen LogP contribution in [0.5, 0.6) is 0 Å². The molecule has 1 aromatic heterocycles. The van der Waals surface area contributed by atoms with Crippen molar-refractivity contribution < 1.29 is 14.0 Å². The largest absolute Gasteiger partial charge is 0.388 e. The number of hydrogen-bond acceptors (Lipinski definition) is 4. The molecule has 1 aromatic carbocycles. The second-order valence-corrected chi connectivity index (χ2v) is 5.51. The maximum atomic E-state index is 13.7. The molecule has 3 rings (SSSR count). The van der Waals surface area contributed by atoms with Gasteiger partial charge in [-0.25, -0.2) is 4.39 Å². The van der Waals surface area contributed by atoms with Gasteiger partial charge in [-0.2, -0.15) is 5.10 Å². The van der Waals surface area contributed by atoms with Crippen molar-refractivity contribution in [2.45, 2.75) is 12.8 Å². The summed E-state index contributed by atoms with van der Waals surface area (Å²) in [6.07, 6.45) is 3.37. The summed E-state index contributed by atoms with van der Waals surface area (Å²) in [4.78, 5) is 24.7. The summed E-state index contributed by atoms with van der Waals surface area (Å²) >= 11 is 0. The lowest BCUT2D eigenvalue weighted by atomic mass is 9.87. The molecule has 0 spiro atoms. The number of carbonyl (C=O) groups excluding carboxylic acids is 2. The van der Waals surface area contributed by atoms with Crippen molar-refractivity contribution in [3.8, 4) is 0 Å². The van der Waals surface area contributed by atoms with Crippen LogP contribution in [0.15, 0.2) is 30.0 Å². The van der Waals surface area contributed by atoms with Crippen LogP contribution in [0.1, 0.15) is 16.8 Å². The summed E-state index contributed by atoms with van der Waals surface area (Å²) in [5.41, 5.74) is 2.57. The Morgan fingerprint density at radius 3 is 2.87 bits per heavy atom. The van der Waals surface area contributed by atoms with Crippen LogP contribution in [-0.4, -0.2) is 28.4 Å². The topological polar surface area (TPSA) is 64.0 Å². The van der Waals surface area contributed by atoms with E-state index in [1.807, 2.05) is 0 Å². The van der Waals surface area contributed by atoms with Crippen LogP contribution in [0.25, 0.3) is 6.08 Å². The molecule has 0 amide bonds. The van der Waals surface area contributed by atoms with Crippen LogP contribution < -0.4 is 5.32 Å². The molecule has 5 nitrogen and oxygen atoms in total. The van der Waals surface area contributed by atoms with E-state index in [4.69, 9.17) is 0 Å². The predicted octanol–water partition coefficient (Wildman–Crippen LogP) is 1.92. The van der Waals surface area contributed by atoms with Gasteiger partial charge in [0.15, 0.2) is 11.6 Å². The Morgan fingerprint density at radius 2 is 2.22 bits per heavy atom. The number of ketones is 2. The van der Waals surface area contributed by atoms with Gasteiger partial charge in [0.05, 0.1) is 17.7 Å². The molecule has 6 heteroatoms. The number of halogens is 1. The molecule has 0 radical (unpaired) electrons. The minimum Gasteiger partial charge on any atom is -0.388 e. The van der Waals surface area contributed by atoms with Crippen LogP contribution in [-0.2, 0) is 29.5 Å². The second kappa shape index (κ2) is 5.79. The van der Waals surface area contributed by atoms with Crippen molar-refractivity contribution >= 4 is 23.3 Å². The van der Waals surface area contributed by atoms with Crippen molar-refractivity contribution in [3.63, 3.8) is 0 Å². The second-order valence-electron chi connectivity index (χ2n) is 5.51. The third-order valence-corrected chi connectivity index (χ3v) is 3.87. The van der Waals surface area contributed by atoms with Gasteiger partial charge in [-0.3, -0.25) is 14.3 Å². The maximum Gasteiger partial charge on any atom is 0.172 e. The van der Waals surface area contributed by atoms with Gasteiger partial charge >= 0.3 is 0 Å². The number of carbonyl (C=O) groups is 2. The molecule has 0 fully saturated rings. The molecule has 0 bridgehead atoms. The van der Waals surface area contributed by atoms with Crippen LogP contribution in [0.3, 0.4) is 0 Å². The van der Waals surface area contributed by atoms with Crippen LogP contribution >= 0.6 is 0 Å². The van der Waals surface area contributed by atoms with Crippen molar-refractivity contribution in [1.82, 2.24) is 9.78 Å². The molecular weight excluding hydrogens is 297 g/mol. The van der Waals surface area contributed by atoms with Gasteiger partial charge in [-0.15, -0.1) is 0 Å². The first-order valence-electron chi connectivity index (χ1n) is 7.24. The monoisotopic (exact) mass is 313 g/mol. The molecule has 2 aromatic rings. The highest BCUT2D eigenvalue weighted by atomic mass is 19.1. The zero-order chi connectivity index (χ0) is 16.6. The Kier molecular flexibility index (Phi) is 3.82. The van der Waals surface area contributed by atoms with Gasteiger partial charge in [-0.05, 0) is 35.4 Å². The highest BCUT2D eigenvalue weighted by Crippen LogP contribution is 2.29. The Bertz CT molecular complexity index is 836. The van der Waals surface area contributed by atoms with Crippen molar-refractivity contribution in [2.75, 3.05) is 12.4 Å². The first-order valence-corrected chi connectivity index (χ1v) is 7.24. The van der Waals surface area contributed by atoms with Gasteiger partial charge in [0.1, 0.15) is 5.82 Å². The standard InChI is InChI=1S/C17H16FN3O2/c1-19-15-7-11(18)5-10-6-14(17(23)9-13(10)15)16(22)8-12-3-4-21(2)20-12/h3-7,19H,8-9H2,1-2H3. The minimum atomic E-state index is -0.407. The van der Waals surface area contributed by atoms with Gasteiger partial charge in [0.25, 0.3) is 0 Å². The number of aromatic nitrogens is 2. The molecule has 1 heterocycles. The van der Waals surface area contributed by atoms with E-state index in [0.717, 1.165) is 0 Å². The fourth-order valence-electron chi connectivity index (χ4n) is 2.75. The number of fused-ring (bicyclic) bond motifs is 1. The number of allylic oxidation sites excluding steroid dienone is 1. The third kappa shape index (κ3) is 2.92. The number of nitrogens with one attached hydrogen (secondary N) is 1. The van der Waals surface area contributed by atoms with Crippen molar-refractivity contribution in [3.05, 3.63) is 52.6 Å². The number of aryl methyl sites for hydroxylation is 1. The molecule has 0 atom stereocenters. The number of hydrogen-bond donors (Lipinski definition) is 1. The fraction of sp³-hybridized carbons (Fsp3) is 0.235. The summed E-state index contributed by atoms with van der Waals surface area (Å²) in [6.45, 7) is 0. The summed E-state index contributed by atoms with van der Waals surface area (Å²) in [7, 11) is 3.43. The van der Waals surface area contributed by atoms with Crippen molar-refractivity contribution in [1.29, 1.82) is 0 Å². The average Bonchev–Trinajstić information content (AvgIpc) is 2.91. The van der Waals surface area contributed by atoms with Gasteiger partial charge in [0, 0.05) is 32.4 Å². The number of benzene rings is 1. The number of nitrogens with zero attached hydrogens (tertiary/aromatic N) is 2. The van der Waals surface area contributed by atoms with Crippen LogP contribution in [0.4, 0.5) is 10.1 Å². The van der Waals surface area contributed by atoms with E-state index in [9.17, 15) is 14.0 Å². The molecule has 1 aliphatic rings. The lowest BCUT2D eigenvalue weighted by Gasteiger charge is -2.18. The summed E-state index contributed by atoms with van der Waals surface area (Å²) in [5, 5.41) is 7.03. The molecule has 0 saturated carbocycles. The van der Waals surface area contributed by atoms with E-state index in [-0.39, 0.29) is 30.0 Å². The first kappa shape index (κ1) is 15.1. The fourth-order valence-corrected chi connectivity index (χ4v) is 2.75. The zero-order valence-electron chi connectivity index (χ0n) is 12.9. The predicted molar refractivity (Wildman–Crippen MR) is 84.6 cm³/mol. The highest BCUT2D eigenvalue weighted by Gasteiger charge is 2.26. The Labute approximate surface area is 132 Å². The summed E-state index contributed by atoms with van der Waals surface area (Å²) in [5.74, 6) is -0.952. The lowest BCUT2D eigenvalue weighted by Crippen LogP contribution is -2.21. The molecule has 1 N–H and O–H groups in total. The maximum absolute atomic E-state index is 13.7.